The van der Waals surface area contributed by atoms with Gasteiger partial charge in [0.1, 0.15) is 5.75 Å². The molecule has 1 N–H and O–H groups in total. The Morgan fingerprint density at radius 2 is 1.91 bits per heavy atom. The Labute approximate surface area is 210 Å². The van der Waals surface area contributed by atoms with E-state index in [-0.39, 0.29) is 5.57 Å². The molecule has 34 heavy (non-hydrogen) atoms. The molecule has 1 heterocycles. The summed E-state index contributed by atoms with van der Waals surface area (Å²) < 4.78 is 6.60. The van der Waals surface area contributed by atoms with E-state index < -0.39 is 23.5 Å². The molecule has 0 bridgehead atoms. The number of halogens is 1. The monoisotopic (exact) mass is 528 g/mol. The Morgan fingerprint density at radius 1 is 1.18 bits per heavy atom. The maximum absolute atomic E-state index is 13.7. The third-order valence-corrected chi connectivity index (χ3v) is 6.29. The molecule has 182 valence electrons. The van der Waals surface area contributed by atoms with Gasteiger partial charge in [-0.05, 0) is 53.8 Å². The normalized spacial score (nSPS) is 17.8. The third kappa shape index (κ3) is 5.88. The number of nitrogens with zero attached hydrogens (tertiary/aromatic N) is 1. The highest BCUT2D eigenvalue weighted by Crippen LogP contribution is 2.40. The minimum Gasteiger partial charge on any atom is -0.872 e. The maximum Gasteiger partial charge on any atom is 0.295 e. The van der Waals surface area contributed by atoms with Crippen molar-refractivity contribution in [3.63, 3.8) is 0 Å². The predicted octanol–water partition coefficient (Wildman–Crippen LogP) is 2.55. The second kappa shape index (κ2) is 11.2. The van der Waals surface area contributed by atoms with Crippen molar-refractivity contribution in [2.45, 2.75) is 33.2 Å². The number of carbonyl (C=O) groups excluding carboxylic acids is 2. The molecule has 1 atom stereocenters. The smallest absolute Gasteiger partial charge is 0.295 e. The summed E-state index contributed by atoms with van der Waals surface area (Å²) in [5.74, 6) is -0.677. The number of ketones is 1. The summed E-state index contributed by atoms with van der Waals surface area (Å²) in [5.41, 5.74) is 1.87. The second-order valence-corrected chi connectivity index (χ2v) is 10.4. The van der Waals surface area contributed by atoms with Gasteiger partial charge in [0, 0.05) is 23.0 Å². The Bertz CT molecular complexity index is 1090. The van der Waals surface area contributed by atoms with Crippen LogP contribution in [0.5, 0.6) is 5.75 Å². The predicted molar refractivity (Wildman–Crippen MR) is 134 cm³/mol. The number of amides is 1. The van der Waals surface area contributed by atoms with Crippen molar-refractivity contribution < 1.29 is 24.3 Å². The zero-order valence-electron chi connectivity index (χ0n) is 20.5. The van der Waals surface area contributed by atoms with Crippen molar-refractivity contribution in [1.29, 1.82) is 0 Å². The van der Waals surface area contributed by atoms with E-state index in [2.05, 4.69) is 29.8 Å². The summed E-state index contributed by atoms with van der Waals surface area (Å²) >= 11 is 3.48. The number of likely N-dealkylation sites (tertiary alicyclic amines) is 1. The molecule has 0 radical (unpaired) electrons. The number of ether oxygens (including phenoxy) is 1. The molecule has 1 aliphatic heterocycles. The summed E-state index contributed by atoms with van der Waals surface area (Å²) in [6.07, 6.45) is 0.730. The van der Waals surface area contributed by atoms with E-state index in [1.165, 1.54) is 4.90 Å². The van der Waals surface area contributed by atoms with Gasteiger partial charge in [-0.15, -0.1) is 0 Å². The lowest BCUT2D eigenvalue weighted by molar-refractivity contribution is -0.858. The molecular weight excluding hydrogens is 496 g/mol. The first-order valence-corrected chi connectivity index (χ1v) is 12.4. The van der Waals surface area contributed by atoms with Crippen molar-refractivity contribution >= 4 is 33.4 Å². The van der Waals surface area contributed by atoms with E-state index in [1.54, 1.807) is 17.0 Å². The molecule has 1 unspecified atom stereocenters. The topological polar surface area (TPSA) is 74.1 Å². The van der Waals surface area contributed by atoms with Crippen LogP contribution in [-0.2, 0) is 9.59 Å². The van der Waals surface area contributed by atoms with E-state index in [9.17, 15) is 14.7 Å². The minimum atomic E-state index is -0.716. The molecule has 0 saturated carbocycles. The zero-order chi connectivity index (χ0) is 25.0. The average molecular weight is 529 g/mol. The summed E-state index contributed by atoms with van der Waals surface area (Å²) in [7, 11) is 4.09. The maximum atomic E-state index is 13.7. The van der Waals surface area contributed by atoms with Crippen LogP contribution in [0.1, 0.15) is 43.0 Å². The molecule has 3 rings (SSSR count). The van der Waals surface area contributed by atoms with Crippen LogP contribution in [-0.4, -0.2) is 50.4 Å². The lowest BCUT2D eigenvalue weighted by atomic mass is 9.94. The highest BCUT2D eigenvalue weighted by molar-refractivity contribution is 9.10. The Balaban J connectivity index is 2.05. The van der Waals surface area contributed by atoms with Crippen molar-refractivity contribution in [2.75, 3.05) is 33.8 Å². The molecule has 6 nitrogen and oxygen atoms in total. The van der Waals surface area contributed by atoms with Crippen LogP contribution in [0.15, 0.2) is 52.5 Å². The van der Waals surface area contributed by atoms with E-state index in [0.717, 1.165) is 23.0 Å². The van der Waals surface area contributed by atoms with Gasteiger partial charge in [0.25, 0.3) is 5.91 Å². The van der Waals surface area contributed by atoms with E-state index in [0.29, 0.717) is 35.9 Å². The van der Waals surface area contributed by atoms with Crippen molar-refractivity contribution in [1.82, 2.24) is 4.90 Å². The Hall–Kier alpha value is -2.64. The average Bonchev–Trinajstić information content (AvgIpc) is 3.02. The van der Waals surface area contributed by atoms with E-state index in [1.807, 2.05) is 51.4 Å². The largest absolute Gasteiger partial charge is 0.872 e. The number of benzene rings is 2. The van der Waals surface area contributed by atoms with Gasteiger partial charge in [-0.2, -0.15) is 0 Å². The van der Waals surface area contributed by atoms with Gasteiger partial charge in [-0.3, -0.25) is 9.59 Å². The fourth-order valence-corrected chi connectivity index (χ4v) is 4.53. The summed E-state index contributed by atoms with van der Waals surface area (Å²) in [6.45, 7) is 7.79. The van der Waals surface area contributed by atoms with Gasteiger partial charge in [-0.1, -0.05) is 53.7 Å². The first-order chi connectivity index (χ1) is 16.1. The van der Waals surface area contributed by atoms with E-state index >= 15 is 0 Å². The highest BCUT2D eigenvalue weighted by atomic mass is 79.9. The number of hydrogen-bond acceptors (Lipinski definition) is 4. The fourth-order valence-electron chi connectivity index (χ4n) is 4.12. The Morgan fingerprint density at radius 3 is 2.53 bits per heavy atom. The molecule has 2 aromatic carbocycles. The SMILES string of the molecule is Cc1cc(OCC(C)C)ccc1C([O-])=C1C(=O)C(=O)N(CCC[NH+](C)C)C1c1cccc(Br)c1. The van der Waals surface area contributed by atoms with Crippen molar-refractivity contribution in [3.8, 4) is 5.75 Å². The van der Waals surface area contributed by atoms with Crippen LogP contribution in [0.4, 0.5) is 0 Å². The van der Waals surface area contributed by atoms with Gasteiger partial charge < -0.3 is 19.6 Å². The van der Waals surface area contributed by atoms with Crippen LogP contribution < -0.4 is 14.7 Å². The number of quaternary nitrogens is 1. The molecule has 2 aromatic rings. The van der Waals surface area contributed by atoms with E-state index in [4.69, 9.17) is 4.74 Å². The molecule has 1 aliphatic rings. The molecule has 0 spiro atoms. The van der Waals surface area contributed by atoms with Gasteiger partial charge in [0.2, 0.25) is 5.78 Å². The first kappa shape index (κ1) is 26.0. The van der Waals surface area contributed by atoms with Crippen LogP contribution in [0.2, 0.25) is 0 Å². The number of aryl methyl sites for hydroxylation is 1. The second-order valence-electron chi connectivity index (χ2n) is 9.52. The van der Waals surface area contributed by atoms with Gasteiger partial charge in [-0.25, -0.2) is 0 Å². The fraction of sp³-hybridized carbons (Fsp3) is 0.407. The van der Waals surface area contributed by atoms with Crippen LogP contribution in [0.25, 0.3) is 5.76 Å². The standard InChI is InChI=1S/C27H33BrN2O4/c1-17(2)16-34-21-10-11-22(18(3)14-21)25(31)23-24(19-8-6-9-20(28)15-19)30(27(33)26(23)32)13-7-12-29(4)5/h6,8-11,14-15,17,24,31H,7,12-13,16H2,1-5H3. The molecule has 1 amide bonds. The first-order valence-electron chi connectivity index (χ1n) is 11.6. The number of carbonyl (C=O) groups is 2. The van der Waals surface area contributed by atoms with Crippen molar-refractivity contribution in [3.05, 3.63) is 69.2 Å². The molecule has 1 saturated heterocycles. The molecule has 7 heteroatoms. The summed E-state index contributed by atoms with van der Waals surface area (Å²) in [5, 5.41) is 13.7. The van der Waals surface area contributed by atoms with Crippen LogP contribution >= 0.6 is 15.9 Å². The molecule has 1 fully saturated rings. The summed E-state index contributed by atoms with van der Waals surface area (Å²) in [6, 6.07) is 12.0. The lowest BCUT2D eigenvalue weighted by Crippen LogP contribution is -3.05. The van der Waals surface area contributed by atoms with Gasteiger partial charge in [0.15, 0.2) is 0 Å². The highest BCUT2D eigenvalue weighted by Gasteiger charge is 2.44. The Kier molecular flexibility index (Phi) is 8.55. The number of Topliss-reactive ketones (excluding diaryl/α,β-unsaturated/α-hetero) is 1. The minimum absolute atomic E-state index is 0.0132. The van der Waals surface area contributed by atoms with Gasteiger partial charge in [0.05, 0.1) is 33.3 Å². The zero-order valence-corrected chi connectivity index (χ0v) is 22.1. The quantitative estimate of drug-likeness (QED) is 0.308. The number of nitrogens with one attached hydrogen (secondary N) is 1. The molecule has 0 aromatic heterocycles. The third-order valence-electron chi connectivity index (χ3n) is 5.80. The molecule has 0 aliphatic carbocycles. The summed E-state index contributed by atoms with van der Waals surface area (Å²) in [4.78, 5) is 29.0. The van der Waals surface area contributed by atoms with Crippen molar-refractivity contribution in [2.24, 2.45) is 5.92 Å². The van der Waals surface area contributed by atoms with Gasteiger partial charge >= 0.3 is 0 Å². The van der Waals surface area contributed by atoms with Crippen LogP contribution in [0, 0.1) is 12.8 Å². The molecular formula is C27H33BrN2O4. The lowest BCUT2D eigenvalue weighted by Gasteiger charge is -2.28. The van der Waals surface area contributed by atoms with Crippen LogP contribution in [0.3, 0.4) is 0 Å². The number of rotatable bonds is 9. The number of hydrogen-bond donors (Lipinski definition) is 1.